The zero-order valence-electron chi connectivity index (χ0n) is 14.8. The number of amides is 1. The fourth-order valence-electron chi connectivity index (χ4n) is 3.69. The van der Waals surface area contributed by atoms with Gasteiger partial charge in [0.15, 0.2) is 0 Å². The Labute approximate surface area is 153 Å². The Morgan fingerprint density at radius 2 is 1.58 bits per heavy atom. The second-order valence-corrected chi connectivity index (χ2v) is 6.83. The summed E-state index contributed by atoms with van der Waals surface area (Å²) < 4.78 is 13.9. The van der Waals surface area contributed by atoms with E-state index in [9.17, 15) is 9.18 Å². The Morgan fingerprint density at radius 1 is 0.885 bits per heavy atom. The number of aromatic nitrogens is 1. The van der Waals surface area contributed by atoms with Crippen molar-refractivity contribution >= 4 is 17.4 Å². The molecule has 0 bridgehead atoms. The molecule has 0 N–H and O–H groups in total. The summed E-state index contributed by atoms with van der Waals surface area (Å²) in [7, 11) is 0. The van der Waals surface area contributed by atoms with Gasteiger partial charge in [0.25, 0.3) is 5.91 Å². The van der Waals surface area contributed by atoms with Crippen molar-refractivity contribution in [3.63, 3.8) is 0 Å². The van der Waals surface area contributed by atoms with E-state index in [-0.39, 0.29) is 11.7 Å². The number of halogens is 1. The molecule has 3 heterocycles. The lowest BCUT2D eigenvalue weighted by Crippen LogP contribution is -2.47. The number of benzene rings is 1. The van der Waals surface area contributed by atoms with Gasteiger partial charge in [0.2, 0.25) is 0 Å². The van der Waals surface area contributed by atoms with Crippen LogP contribution in [0.1, 0.15) is 23.2 Å². The van der Waals surface area contributed by atoms with E-state index in [1.165, 1.54) is 6.07 Å². The van der Waals surface area contributed by atoms with Crippen molar-refractivity contribution in [1.29, 1.82) is 0 Å². The summed E-state index contributed by atoms with van der Waals surface area (Å²) in [6, 6.07) is 10.7. The normalized spacial score (nSPS) is 17.7. The molecule has 1 amide bonds. The van der Waals surface area contributed by atoms with Gasteiger partial charge in [0.1, 0.15) is 11.6 Å². The lowest BCUT2D eigenvalue weighted by atomic mass is 10.2. The van der Waals surface area contributed by atoms with Gasteiger partial charge < -0.3 is 14.7 Å². The number of rotatable bonds is 3. The van der Waals surface area contributed by atoms with Gasteiger partial charge in [0.05, 0.1) is 11.3 Å². The minimum absolute atomic E-state index is 0.0749. The molecule has 0 spiro atoms. The monoisotopic (exact) mass is 354 g/mol. The van der Waals surface area contributed by atoms with Crippen LogP contribution in [0, 0.1) is 5.82 Å². The minimum Gasteiger partial charge on any atom is -0.366 e. The number of likely N-dealkylation sites (tertiary alicyclic amines) is 1. The second kappa shape index (κ2) is 7.32. The van der Waals surface area contributed by atoms with Crippen molar-refractivity contribution in [2.45, 2.75) is 12.8 Å². The molecular weight excluding hydrogens is 331 g/mol. The van der Waals surface area contributed by atoms with Crippen molar-refractivity contribution in [2.75, 3.05) is 49.1 Å². The molecule has 2 aliphatic heterocycles. The van der Waals surface area contributed by atoms with Gasteiger partial charge in [-0.2, -0.15) is 0 Å². The predicted octanol–water partition coefficient (Wildman–Crippen LogP) is 2.78. The lowest BCUT2D eigenvalue weighted by molar-refractivity contribution is 0.0792. The number of carbonyl (C=O) groups is 1. The molecule has 0 saturated carbocycles. The Balaban J connectivity index is 1.38. The van der Waals surface area contributed by atoms with E-state index in [0.717, 1.165) is 57.9 Å². The molecule has 0 aliphatic carbocycles. The molecule has 0 unspecified atom stereocenters. The number of hydrogen-bond donors (Lipinski definition) is 0. The van der Waals surface area contributed by atoms with Crippen LogP contribution < -0.4 is 9.80 Å². The largest absolute Gasteiger partial charge is 0.366 e. The maximum absolute atomic E-state index is 13.9. The van der Waals surface area contributed by atoms with Crippen molar-refractivity contribution in [3.8, 4) is 0 Å². The van der Waals surface area contributed by atoms with Crippen LogP contribution in [0.15, 0.2) is 42.6 Å². The standard InChI is InChI=1S/C20H23FN4O/c21-17-5-1-2-6-18(17)23-11-13-24(14-12-23)19-8-7-16(15-22-19)20(26)25-9-3-4-10-25/h1-2,5-8,15H,3-4,9-14H2. The van der Waals surface area contributed by atoms with Crippen LogP contribution in [-0.2, 0) is 0 Å². The van der Waals surface area contributed by atoms with Crippen molar-refractivity contribution in [3.05, 3.63) is 54.0 Å². The first-order valence-corrected chi connectivity index (χ1v) is 9.22. The fraction of sp³-hybridized carbons (Fsp3) is 0.400. The Morgan fingerprint density at radius 3 is 2.23 bits per heavy atom. The van der Waals surface area contributed by atoms with Crippen LogP contribution in [-0.4, -0.2) is 55.1 Å². The Kier molecular flexibility index (Phi) is 4.73. The van der Waals surface area contributed by atoms with Crippen LogP contribution in [0.4, 0.5) is 15.9 Å². The van der Waals surface area contributed by atoms with Crippen molar-refractivity contribution < 1.29 is 9.18 Å². The van der Waals surface area contributed by atoms with Crippen LogP contribution in [0.25, 0.3) is 0 Å². The summed E-state index contributed by atoms with van der Waals surface area (Å²) in [6.07, 6.45) is 3.85. The molecule has 2 aromatic rings. The van der Waals surface area contributed by atoms with Crippen LogP contribution in [0.5, 0.6) is 0 Å². The number of nitrogens with zero attached hydrogens (tertiary/aromatic N) is 4. The number of anilines is 2. The Bertz CT molecular complexity index is 766. The molecule has 0 radical (unpaired) electrons. The van der Waals surface area contributed by atoms with Gasteiger partial charge >= 0.3 is 0 Å². The summed E-state index contributed by atoms with van der Waals surface area (Å²) in [5.74, 6) is 0.769. The number of carbonyl (C=O) groups excluding carboxylic acids is 1. The third-order valence-electron chi connectivity index (χ3n) is 5.18. The van der Waals surface area contributed by atoms with Crippen molar-refractivity contribution in [2.24, 2.45) is 0 Å². The molecule has 26 heavy (non-hydrogen) atoms. The molecule has 6 heteroatoms. The quantitative estimate of drug-likeness (QED) is 0.850. The number of piperazine rings is 1. The molecule has 1 aromatic carbocycles. The van der Waals surface area contributed by atoms with E-state index in [4.69, 9.17) is 0 Å². The third-order valence-corrected chi connectivity index (χ3v) is 5.18. The molecule has 2 saturated heterocycles. The maximum Gasteiger partial charge on any atom is 0.255 e. The molecule has 136 valence electrons. The first-order chi connectivity index (χ1) is 12.7. The number of hydrogen-bond acceptors (Lipinski definition) is 4. The summed E-state index contributed by atoms with van der Waals surface area (Å²) in [5.41, 5.74) is 1.31. The lowest BCUT2D eigenvalue weighted by Gasteiger charge is -2.36. The highest BCUT2D eigenvalue weighted by molar-refractivity contribution is 5.94. The van der Waals surface area contributed by atoms with Gasteiger partial charge in [-0.15, -0.1) is 0 Å². The smallest absolute Gasteiger partial charge is 0.255 e. The number of pyridine rings is 1. The first kappa shape index (κ1) is 16.8. The van der Waals surface area contributed by atoms with Crippen LogP contribution in [0.3, 0.4) is 0 Å². The maximum atomic E-state index is 13.9. The van der Waals surface area contributed by atoms with Gasteiger partial charge in [-0.1, -0.05) is 12.1 Å². The molecule has 1 aromatic heterocycles. The highest BCUT2D eigenvalue weighted by Crippen LogP contribution is 2.22. The third kappa shape index (κ3) is 3.36. The molecule has 4 rings (SSSR count). The van der Waals surface area contributed by atoms with Crippen molar-refractivity contribution in [1.82, 2.24) is 9.88 Å². The molecule has 5 nitrogen and oxygen atoms in total. The molecule has 2 fully saturated rings. The molecular formula is C20H23FN4O. The Hall–Kier alpha value is -2.63. The fourth-order valence-corrected chi connectivity index (χ4v) is 3.69. The first-order valence-electron chi connectivity index (χ1n) is 9.22. The van der Waals surface area contributed by atoms with Crippen LogP contribution >= 0.6 is 0 Å². The van der Waals surface area contributed by atoms with E-state index in [1.54, 1.807) is 12.3 Å². The van der Waals surface area contributed by atoms with E-state index in [2.05, 4.69) is 14.8 Å². The van der Waals surface area contributed by atoms with Gasteiger partial charge in [-0.25, -0.2) is 9.37 Å². The topological polar surface area (TPSA) is 39.7 Å². The molecule has 0 atom stereocenters. The summed E-state index contributed by atoms with van der Waals surface area (Å²) in [4.78, 5) is 23.0. The summed E-state index contributed by atoms with van der Waals surface area (Å²) >= 11 is 0. The van der Waals surface area contributed by atoms with Crippen LogP contribution in [0.2, 0.25) is 0 Å². The second-order valence-electron chi connectivity index (χ2n) is 6.83. The predicted molar refractivity (Wildman–Crippen MR) is 100 cm³/mol. The average molecular weight is 354 g/mol. The van der Waals surface area contributed by atoms with E-state index in [1.807, 2.05) is 29.2 Å². The molecule has 2 aliphatic rings. The average Bonchev–Trinajstić information content (AvgIpc) is 3.23. The van der Waals surface area contributed by atoms with Gasteiger partial charge in [0, 0.05) is 45.5 Å². The van der Waals surface area contributed by atoms with E-state index in [0.29, 0.717) is 11.3 Å². The summed E-state index contributed by atoms with van der Waals surface area (Å²) in [5, 5.41) is 0. The zero-order valence-corrected chi connectivity index (χ0v) is 14.8. The van der Waals surface area contributed by atoms with Gasteiger partial charge in [-0.3, -0.25) is 4.79 Å². The zero-order chi connectivity index (χ0) is 17.9. The van der Waals surface area contributed by atoms with E-state index < -0.39 is 0 Å². The minimum atomic E-state index is -0.177. The SMILES string of the molecule is O=C(c1ccc(N2CCN(c3ccccc3F)CC2)nc1)N1CCCC1. The summed E-state index contributed by atoms with van der Waals surface area (Å²) in [6.45, 7) is 4.74. The highest BCUT2D eigenvalue weighted by Gasteiger charge is 2.22. The van der Waals surface area contributed by atoms with Gasteiger partial charge in [-0.05, 0) is 37.1 Å². The number of para-hydroxylation sites is 1. The van der Waals surface area contributed by atoms with E-state index >= 15 is 0 Å². The highest BCUT2D eigenvalue weighted by atomic mass is 19.1.